The van der Waals surface area contributed by atoms with Crippen molar-refractivity contribution in [1.82, 2.24) is 0 Å². The SMILES string of the molecule is O=C(O)c1cc(NC2(C(F)(F)F)CC2)c(F)cc1[N+](=O)[O-]. The number of nitro benzene ring substituents is 1. The van der Waals surface area contributed by atoms with Crippen LogP contribution in [0.5, 0.6) is 0 Å². The third-order valence-electron chi connectivity index (χ3n) is 3.18. The van der Waals surface area contributed by atoms with Gasteiger partial charge in [-0.3, -0.25) is 10.1 Å². The van der Waals surface area contributed by atoms with Crippen LogP contribution in [-0.4, -0.2) is 27.7 Å². The quantitative estimate of drug-likeness (QED) is 0.507. The van der Waals surface area contributed by atoms with Gasteiger partial charge in [0, 0.05) is 0 Å². The van der Waals surface area contributed by atoms with E-state index in [1.54, 1.807) is 0 Å². The lowest BCUT2D eigenvalue weighted by molar-refractivity contribution is -0.385. The number of anilines is 1. The Labute approximate surface area is 114 Å². The summed E-state index contributed by atoms with van der Waals surface area (Å²) in [4.78, 5) is 20.4. The number of carboxylic acids is 1. The highest BCUT2D eigenvalue weighted by molar-refractivity contribution is 5.93. The molecule has 1 aromatic carbocycles. The highest BCUT2D eigenvalue weighted by Crippen LogP contribution is 2.51. The van der Waals surface area contributed by atoms with E-state index in [-0.39, 0.29) is 18.9 Å². The van der Waals surface area contributed by atoms with Crippen molar-refractivity contribution in [1.29, 1.82) is 0 Å². The Bertz CT molecular complexity index is 625. The van der Waals surface area contributed by atoms with Crippen LogP contribution in [0.4, 0.5) is 28.9 Å². The topological polar surface area (TPSA) is 92.5 Å². The first-order valence-corrected chi connectivity index (χ1v) is 5.63. The molecule has 1 aliphatic rings. The molecule has 0 saturated heterocycles. The number of rotatable bonds is 4. The maximum absolute atomic E-state index is 13.7. The number of halogens is 4. The van der Waals surface area contributed by atoms with E-state index >= 15 is 0 Å². The third kappa shape index (κ3) is 2.60. The van der Waals surface area contributed by atoms with Crippen LogP contribution in [0.15, 0.2) is 12.1 Å². The summed E-state index contributed by atoms with van der Waals surface area (Å²) in [6.07, 6.45) is -5.20. The number of carboxylic acid groups (broad SMARTS) is 1. The van der Waals surface area contributed by atoms with Gasteiger partial charge in [0.1, 0.15) is 11.1 Å². The summed E-state index contributed by atoms with van der Waals surface area (Å²) >= 11 is 0. The lowest BCUT2D eigenvalue weighted by Crippen LogP contribution is -2.39. The average Bonchev–Trinajstić information content (AvgIpc) is 3.11. The monoisotopic (exact) mass is 308 g/mol. The van der Waals surface area contributed by atoms with Crippen molar-refractivity contribution in [3.05, 3.63) is 33.6 Å². The van der Waals surface area contributed by atoms with E-state index in [1.165, 1.54) is 0 Å². The Hall–Kier alpha value is -2.39. The normalized spacial score (nSPS) is 16.4. The van der Waals surface area contributed by atoms with Crippen molar-refractivity contribution >= 4 is 17.3 Å². The molecule has 0 amide bonds. The molecule has 21 heavy (non-hydrogen) atoms. The minimum atomic E-state index is -4.63. The molecule has 0 atom stereocenters. The van der Waals surface area contributed by atoms with Crippen LogP contribution in [0.3, 0.4) is 0 Å². The molecule has 0 aromatic heterocycles. The fourth-order valence-electron chi connectivity index (χ4n) is 1.84. The number of nitro groups is 1. The van der Waals surface area contributed by atoms with Crippen molar-refractivity contribution in [3.63, 3.8) is 0 Å². The van der Waals surface area contributed by atoms with Crippen LogP contribution in [0.2, 0.25) is 0 Å². The molecule has 1 aliphatic carbocycles. The van der Waals surface area contributed by atoms with Crippen molar-refractivity contribution in [3.8, 4) is 0 Å². The Kier molecular flexibility index (Phi) is 3.27. The average molecular weight is 308 g/mol. The van der Waals surface area contributed by atoms with Gasteiger partial charge in [0.15, 0.2) is 5.82 Å². The zero-order chi connectivity index (χ0) is 16.0. The van der Waals surface area contributed by atoms with E-state index in [0.717, 1.165) is 0 Å². The molecular formula is C11H8F4N2O4. The molecule has 114 valence electrons. The fraction of sp³-hybridized carbons (Fsp3) is 0.364. The molecule has 0 radical (unpaired) electrons. The summed E-state index contributed by atoms with van der Waals surface area (Å²) < 4.78 is 52.0. The number of benzene rings is 1. The van der Waals surface area contributed by atoms with Crippen molar-refractivity contribution in [2.45, 2.75) is 24.6 Å². The zero-order valence-electron chi connectivity index (χ0n) is 10.2. The lowest BCUT2D eigenvalue weighted by atomic mass is 10.1. The number of nitrogens with one attached hydrogen (secondary N) is 1. The van der Waals surface area contributed by atoms with Crippen molar-refractivity contribution < 1.29 is 32.4 Å². The van der Waals surface area contributed by atoms with E-state index in [2.05, 4.69) is 0 Å². The number of alkyl halides is 3. The molecule has 0 bridgehead atoms. The van der Waals surface area contributed by atoms with Crippen LogP contribution in [-0.2, 0) is 0 Å². The van der Waals surface area contributed by atoms with Crippen molar-refractivity contribution in [2.24, 2.45) is 0 Å². The molecule has 0 spiro atoms. The highest BCUT2D eigenvalue weighted by Gasteiger charge is 2.63. The van der Waals surface area contributed by atoms with Gasteiger partial charge < -0.3 is 10.4 Å². The molecule has 0 unspecified atom stereocenters. The largest absolute Gasteiger partial charge is 0.477 e. The Morgan fingerprint density at radius 1 is 1.38 bits per heavy atom. The molecule has 0 aliphatic heterocycles. The summed E-state index contributed by atoms with van der Waals surface area (Å²) in [6.45, 7) is 0. The Morgan fingerprint density at radius 2 is 1.95 bits per heavy atom. The van der Waals surface area contributed by atoms with E-state index in [9.17, 15) is 32.5 Å². The minimum absolute atomic E-state index is 0.282. The number of nitrogens with zero attached hydrogens (tertiary/aromatic N) is 1. The molecule has 0 heterocycles. The summed E-state index contributed by atoms with van der Waals surface area (Å²) in [5.74, 6) is -3.05. The van der Waals surface area contributed by atoms with Gasteiger partial charge in [-0.25, -0.2) is 9.18 Å². The van der Waals surface area contributed by atoms with Crippen LogP contribution < -0.4 is 5.32 Å². The van der Waals surface area contributed by atoms with Crippen LogP contribution in [0, 0.1) is 15.9 Å². The highest BCUT2D eigenvalue weighted by atomic mass is 19.4. The maximum Gasteiger partial charge on any atom is 0.411 e. The van der Waals surface area contributed by atoms with E-state index < -0.39 is 45.4 Å². The Morgan fingerprint density at radius 3 is 2.33 bits per heavy atom. The zero-order valence-corrected chi connectivity index (χ0v) is 10.2. The molecule has 1 saturated carbocycles. The molecule has 1 fully saturated rings. The second kappa shape index (κ2) is 4.57. The van der Waals surface area contributed by atoms with Gasteiger partial charge in [0.05, 0.1) is 16.7 Å². The third-order valence-corrected chi connectivity index (χ3v) is 3.18. The molecule has 1 aromatic rings. The standard InChI is InChI=1S/C11H8F4N2O4/c12-6-4-8(17(20)21)5(9(18)19)3-7(6)16-10(1-2-10)11(13,14)15/h3-4,16H,1-2H2,(H,18,19). The Balaban J connectivity index is 2.44. The number of hydrogen-bond donors (Lipinski definition) is 2. The van der Waals surface area contributed by atoms with Gasteiger partial charge in [0.25, 0.3) is 5.69 Å². The van der Waals surface area contributed by atoms with Crippen molar-refractivity contribution in [2.75, 3.05) is 5.32 Å². The first-order chi connectivity index (χ1) is 9.57. The summed E-state index contributed by atoms with van der Waals surface area (Å²) in [5.41, 5.74) is -4.95. The molecule has 10 heteroatoms. The van der Waals surface area contributed by atoms with E-state index in [4.69, 9.17) is 5.11 Å². The van der Waals surface area contributed by atoms with Gasteiger partial charge in [-0.05, 0) is 18.9 Å². The minimum Gasteiger partial charge on any atom is -0.477 e. The van der Waals surface area contributed by atoms with Crippen LogP contribution >= 0.6 is 0 Å². The van der Waals surface area contributed by atoms with Gasteiger partial charge in [-0.1, -0.05) is 0 Å². The van der Waals surface area contributed by atoms with Gasteiger partial charge in [-0.15, -0.1) is 0 Å². The fourth-order valence-corrected chi connectivity index (χ4v) is 1.84. The molecule has 2 N–H and O–H groups in total. The number of hydrogen-bond acceptors (Lipinski definition) is 4. The predicted octanol–water partition coefficient (Wildman–Crippen LogP) is 2.94. The second-order valence-electron chi connectivity index (χ2n) is 4.62. The predicted molar refractivity (Wildman–Crippen MR) is 61.7 cm³/mol. The first kappa shape index (κ1) is 15.0. The van der Waals surface area contributed by atoms with E-state index in [0.29, 0.717) is 6.07 Å². The summed E-state index contributed by atoms with van der Waals surface area (Å²) in [7, 11) is 0. The summed E-state index contributed by atoms with van der Waals surface area (Å²) in [5, 5.41) is 21.4. The first-order valence-electron chi connectivity index (χ1n) is 5.63. The van der Waals surface area contributed by atoms with Gasteiger partial charge in [-0.2, -0.15) is 13.2 Å². The van der Waals surface area contributed by atoms with Gasteiger partial charge >= 0.3 is 12.1 Å². The molecule has 2 rings (SSSR count). The van der Waals surface area contributed by atoms with E-state index in [1.807, 2.05) is 5.32 Å². The smallest absolute Gasteiger partial charge is 0.411 e. The number of carbonyl (C=O) groups is 1. The van der Waals surface area contributed by atoms with Crippen LogP contribution in [0.25, 0.3) is 0 Å². The second-order valence-corrected chi connectivity index (χ2v) is 4.62. The maximum atomic E-state index is 13.7. The summed E-state index contributed by atoms with van der Waals surface area (Å²) in [6, 6.07) is 0.792. The lowest BCUT2D eigenvalue weighted by Gasteiger charge is -2.22. The number of aromatic carboxylic acids is 1. The molecule has 6 nitrogen and oxygen atoms in total. The van der Waals surface area contributed by atoms with Crippen LogP contribution in [0.1, 0.15) is 23.2 Å². The molecular weight excluding hydrogens is 300 g/mol. The van der Waals surface area contributed by atoms with Gasteiger partial charge in [0.2, 0.25) is 0 Å².